The molecule has 0 saturated heterocycles. The lowest BCUT2D eigenvalue weighted by Gasteiger charge is -2.19. The molecule has 1 aromatic carbocycles. The number of nitrogens with one attached hydrogen (secondary N) is 1. The van der Waals surface area contributed by atoms with E-state index in [2.05, 4.69) is 21.4 Å². The Kier molecular flexibility index (Phi) is 5.26. The fourth-order valence-corrected chi connectivity index (χ4v) is 2.19. The van der Waals surface area contributed by atoms with Crippen molar-refractivity contribution in [1.29, 1.82) is 5.26 Å². The van der Waals surface area contributed by atoms with Gasteiger partial charge in [0.05, 0.1) is 11.3 Å². The largest absolute Gasteiger partial charge is 0.341 e. The number of nitriles is 1. The molecule has 0 atom stereocenters. The van der Waals surface area contributed by atoms with Crippen LogP contribution in [0.2, 0.25) is 0 Å². The van der Waals surface area contributed by atoms with Gasteiger partial charge in [-0.05, 0) is 39.0 Å². The van der Waals surface area contributed by atoms with Gasteiger partial charge in [-0.3, -0.25) is 4.79 Å². The first kappa shape index (κ1) is 16.4. The fraction of sp³-hybridized carbons (Fsp3) is 0.294. The van der Waals surface area contributed by atoms with E-state index in [0.717, 1.165) is 18.8 Å². The van der Waals surface area contributed by atoms with E-state index in [0.29, 0.717) is 17.2 Å². The van der Waals surface area contributed by atoms with Crippen molar-refractivity contribution in [2.45, 2.75) is 20.8 Å². The summed E-state index contributed by atoms with van der Waals surface area (Å²) in [5.41, 5.74) is 1.89. The lowest BCUT2D eigenvalue weighted by atomic mass is 10.2. The molecule has 0 unspecified atom stereocenters. The highest BCUT2D eigenvalue weighted by molar-refractivity contribution is 6.03. The molecular formula is C17H19N5O. The minimum Gasteiger partial charge on any atom is -0.341 e. The Hall–Kier alpha value is -2.94. The third-order valence-corrected chi connectivity index (χ3v) is 3.42. The second-order valence-electron chi connectivity index (χ2n) is 4.98. The van der Waals surface area contributed by atoms with E-state index in [4.69, 9.17) is 5.26 Å². The van der Waals surface area contributed by atoms with E-state index in [1.54, 1.807) is 30.3 Å². The lowest BCUT2D eigenvalue weighted by Crippen LogP contribution is -2.26. The van der Waals surface area contributed by atoms with Gasteiger partial charge in [-0.2, -0.15) is 5.26 Å². The molecule has 0 fully saturated rings. The van der Waals surface area contributed by atoms with Gasteiger partial charge in [-0.25, -0.2) is 9.97 Å². The van der Waals surface area contributed by atoms with Gasteiger partial charge in [0.2, 0.25) is 5.95 Å². The normalized spacial score (nSPS) is 10.0. The maximum absolute atomic E-state index is 12.5. The van der Waals surface area contributed by atoms with E-state index < -0.39 is 0 Å². The van der Waals surface area contributed by atoms with Crippen molar-refractivity contribution in [3.05, 3.63) is 47.3 Å². The van der Waals surface area contributed by atoms with E-state index in [1.165, 1.54) is 0 Å². The summed E-state index contributed by atoms with van der Waals surface area (Å²) in [4.78, 5) is 23.2. The summed E-state index contributed by atoms with van der Waals surface area (Å²) in [6, 6.07) is 10.6. The molecule has 1 heterocycles. The average molecular weight is 309 g/mol. The molecule has 0 saturated carbocycles. The Balaban J connectivity index is 2.31. The van der Waals surface area contributed by atoms with E-state index in [-0.39, 0.29) is 11.6 Å². The van der Waals surface area contributed by atoms with Crippen LogP contribution in [0.15, 0.2) is 30.3 Å². The molecule has 0 radical (unpaired) electrons. The Morgan fingerprint density at radius 2 is 1.96 bits per heavy atom. The number of carbonyl (C=O) groups is 1. The molecule has 0 bridgehead atoms. The number of para-hydroxylation sites is 1. The van der Waals surface area contributed by atoms with Gasteiger partial charge in [0.1, 0.15) is 11.8 Å². The van der Waals surface area contributed by atoms with Crippen molar-refractivity contribution in [2.24, 2.45) is 0 Å². The monoisotopic (exact) mass is 309 g/mol. The first-order valence-electron chi connectivity index (χ1n) is 7.50. The van der Waals surface area contributed by atoms with Crippen molar-refractivity contribution in [3.8, 4) is 6.07 Å². The molecule has 0 spiro atoms. The van der Waals surface area contributed by atoms with Gasteiger partial charge >= 0.3 is 0 Å². The third kappa shape index (κ3) is 3.83. The Morgan fingerprint density at radius 1 is 1.26 bits per heavy atom. The average Bonchev–Trinajstić information content (AvgIpc) is 2.56. The molecule has 6 nitrogen and oxygen atoms in total. The summed E-state index contributed by atoms with van der Waals surface area (Å²) in [7, 11) is 0. The van der Waals surface area contributed by atoms with Crippen molar-refractivity contribution < 1.29 is 4.79 Å². The molecule has 1 amide bonds. The first-order chi connectivity index (χ1) is 11.1. The number of carbonyl (C=O) groups excluding carboxylic acids is 1. The smallest absolute Gasteiger partial charge is 0.274 e. The standard InChI is InChI=1S/C17H19N5O/c1-4-22(5-2)17-19-12(3)10-15(21-17)16(23)20-14-9-7-6-8-13(14)11-18/h6-10H,4-5H2,1-3H3,(H,20,23). The molecule has 0 aliphatic carbocycles. The Labute approximate surface area is 135 Å². The zero-order chi connectivity index (χ0) is 16.8. The van der Waals surface area contributed by atoms with Crippen LogP contribution < -0.4 is 10.2 Å². The number of benzene rings is 1. The molecule has 1 aromatic heterocycles. The topological polar surface area (TPSA) is 81.9 Å². The molecule has 1 N–H and O–H groups in total. The van der Waals surface area contributed by atoms with Crippen molar-refractivity contribution in [1.82, 2.24) is 9.97 Å². The second kappa shape index (κ2) is 7.36. The number of aryl methyl sites for hydroxylation is 1. The molecule has 23 heavy (non-hydrogen) atoms. The summed E-state index contributed by atoms with van der Waals surface area (Å²) < 4.78 is 0. The summed E-state index contributed by atoms with van der Waals surface area (Å²) in [5, 5.41) is 11.8. The van der Waals surface area contributed by atoms with Gasteiger partial charge in [-0.15, -0.1) is 0 Å². The number of amides is 1. The minimum absolute atomic E-state index is 0.284. The summed E-state index contributed by atoms with van der Waals surface area (Å²) >= 11 is 0. The van der Waals surface area contributed by atoms with Gasteiger partial charge in [0.15, 0.2) is 0 Å². The maximum Gasteiger partial charge on any atom is 0.274 e. The molecule has 0 aliphatic rings. The van der Waals surface area contributed by atoms with Crippen LogP contribution in [0.3, 0.4) is 0 Å². The van der Waals surface area contributed by atoms with Crippen LogP contribution in [-0.4, -0.2) is 29.0 Å². The van der Waals surface area contributed by atoms with Crippen LogP contribution in [0.1, 0.15) is 35.6 Å². The number of rotatable bonds is 5. The van der Waals surface area contributed by atoms with Crippen molar-refractivity contribution in [2.75, 3.05) is 23.3 Å². The molecule has 0 aliphatic heterocycles. The molecule has 2 aromatic rings. The lowest BCUT2D eigenvalue weighted by molar-refractivity contribution is 0.102. The minimum atomic E-state index is -0.355. The number of hydrogen-bond donors (Lipinski definition) is 1. The van der Waals surface area contributed by atoms with Crippen LogP contribution >= 0.6 is 0 Å². The summed E-state index contributed by atoms with van der Waals surface area (Å²) in [5.74, 6) is 0.181. The van der Waals surface area contributed by atoms with Crippen LogP contribution in [0, 0.1) is 18.3 Å². The summed E-state index contributed by atoms with van der Waals surface area (Å²) in [6.07, 6.45) is 0. The van der Waals surface area contributed by atoms with Crippen molar-refractivity contribution in [3.63, 3.8) is 0 Å². The van der Waals surface area contributed by atoms with Gasteiger partial charge in [0, 0.05) is 18.8 Å². The van der Waals surface area contributed by atoms with Crippen LogP contribution in [0.25, 0.3) is 0 Å². The predicted octanol–water partition coefficient (Wildman–Crippen LogP) is 2.76. The summed E-state index contributed by atoms with van der Waals surface area (Å²) in [6.45, 7) is 7.38. The highest BCUT2D eigenvalue weighted by Gasteiger charge is 2.14. The highest BCUT2D eigenvalue weighted by atomic mass is 16.1. The number of hydrogen-bond acceptors (Lipinski definition) is 5. The maximum atomic E-state index is 12.5. The van der Waals surface area contributed by atoms with Crippen LogP contribution in [0.4, 0.5) is 11.6 Å². The van der Waals surface area contributed by atoms with E-state index in [9.17, 15) is 4.79 Å². The fourth-order valence-electron chi connectivity index (χ4n) is 2.19. The second-order valence-corrected chi connectivity index (χ2v) is 4.98. The van der Waals surface area contributed by atoms with Gasteiger partial charge in [0.25, 0.3) is 5.91 Å². The Bertz CT molecular complexity index is 747. The number of nitrogens with zero attached hydrogens (tertiary/aromatic N) is 4. The van der Waals surface area contributed by atoms with Gasteiger partial charge < -0.3 is 10.2 Å². The zero-order valence-electron chi connectivity index (χ0n) is 13.5. The van der Waals surface area contributed by atoms with E-state index >= 15 is 0 Å². The Morgan fingerprint density at radius 3 is 2.61 bits per heavy atom. The zero-order valence-corrected chi connectivity index (χ0v) is 13.5. The molecule has 2 rings (SSSR count). The number of anilines is 2. The SMILES string of the molecule is CCN(CC)c1nc(C)cc(C(=O)Nc2ccccc2C#N)n1. The first-order valence-corrected chi connectivity index (χ1v) is 7.50. The van der Waals surface area contributed by atoms with Gasteiger partial charge in [-0.1, -0.05) is 12.1 Å². The van der Waals surface area contributed by atoms with Crippen molar-refractivity contribution >= 4 is 17.5 Å². The molecule has 118 valence electrons. The number of aromatic nitrogens is 2. The molecule has 6 heteroatoms. The third-order valence-electron chi connectivity index (χ3n) is 3.42. The predicted molar refractivity (Wildman–Crippen MR) is 89.4 cm³/mol. The molecular weight excluding hydrogens is 290 g/mol. The van der Waals surface area contributed by atoms with Crippen LogP contribution in [-0.2, 0) is 0 Å². The van der Waals surface area contributed by atoms with Crippen LogP contribution in [0.5, 0.6) is 0 Å². The quantitative estimate of drug-likeness (QED) is 0.918. The highest BCUT2D eigenvalue weighted by Crippen LogP contribution is 2.16. The van der Waals surface area contributed by atoms with E-state index in [1.807, 2.05) is 25.7 Å².